The third kappa shape index (κ3) is 2.59. The maximum Gasteiger partial charge on any atom is 0.332 e. The SMILES string of the molecule is COC(=O)/C=C1/N/C(=N\c2nc3ccccc3o2)NC1=O. The van der Waals surface area contributed by atoms with E-state index in [1.165, 1.54) is 7.11 Å². The minimum absolute atomic E-state index is 0.0386. The lowest BCUT2D eigenvalue weighted by Gasteiger charge is -1.94. The van der Waals surface area contributed by atoms with Gasteiger partial charge < -0.3 is 14.5 Å². The zero-order chi connectivity index (χ0) is 14.8. The summed E-state index contributed by atoms with van der Waals surface area (Å²) < 4.78 is 9.85. The van der Waals surface area contributed by atoms with Gasteiger partial charge >= 0.3 is 12.0 Å². The van der Waals surface area contributed by atoms with Crippen LogP contribution in [0, 0.1) is 0 Å². The van der Waals surface area contributed by atoms with Gasteiger partial charge in [-0.15, -0.1) is 0 Å². The lowest BCUT2D eigenvalue weighted by molar-refractivity contribution is -0.135. The van der Waals surface area contributed by atoms with Crippen LogP contribution in [-0.2, 0) is 14.3 Å². The number of amides is 1. The standard InChI is InChI=1S/C13H10N4O4/c1-20-10(18)6-8-11(19)16-12(14-8)17-13-15-7-4-2-3-5-9(7)21-13/h2-6H,1H3,(H2,14,15,16,17,19)/b8-6+. The Morgan fingerprint density at radius 3 is 2.95 bits per heavy atom. The molecular weight excluding hydrogens is 276 g/mol. The number of methoxy groups -OCH3 is 1. The maximum absolute atomic E-state index is 11.6. The summed E-state index contributed by atoms with van der Waals surface area (Å²) in [6.07, 6.45) is 1.03. The van der Waals surface area contributed by atoms with Crippen LogP contribution in [0.3, 0.4) is 0 Å². The first-order valence-electron chi connectivity index (χ1n) is 5.98. The number of oxazole rings is 1. The summed E-state index contributed by atoms with van der Waals surface area (Å²) in [6.45, 7) is 0. The number of hydrogen-bond donors (Lipinski definition) is 2. The third-order valence-electron chi connectivity index (χ3n) is 2.68. The van der Waals surface area contributed by atoms with E-state index in [0.29, 0.717) is 11.1 Å². The monoisotopic (exact) mass is 286 g/mol. The lowest BCUT2D eigenvalue weighted by Crippen LogP contribution is -2.24. The van der Waals surface area contributed by atoms with Gasteiger partial charge in [0.25, 0.3) is 5.91 Å². The molecule has 1 aliphatic heterocycles. The summed E-state index contributed by atoms with van der Waals surface area (Å²) in [5, 5.41) is 5.10. The molecule has 2 N–H and O–H groups in total. The minimum Gasteiger partial charge on any atom is -0.466 e. The molecule has 0 spiro atoms. The van der Waals surface area contributed by atoms with Gasteiger partial charge in [0.2, 0.25) is 5.96 Å². The number of carbonyl (C=O) groups is 2. The van der Waals surface area contributed by atoms with E-state index in [1.807, 2.05) is 12.1 Å². The summed E-state index contributed by atoms with van der Waals surface area (Å²) in [6, 6.07) is 7.28. The van der Waals surface area contributed by atoms with Crippen molar-refractivity contribution in [1.82, 2.24) is 15.6 Å². The smallest absolute Gasteiger partial charge is 0.332 e. The normalized spacial score (nSPS) is 18.0. The van der Waals surface area contributed by atoms with E-state index in [2.05, 4.69) is 25.3 Å². The maximum atomic E-state index is 11.6. The molecule has 0 atom stereocenters. The number of carbonyl (C=O) groups excluding carboxylic acids is 2. The van der Waals surface area contributed by atoms with Gasteiger partial charge in [-0.1, -0.05) is 12.1 Å². The average Bonchev–Trinajstić information content (AvgIpc) is 3.02. The molecule has 8 heteroatoms. The zero-order valence-corrected chi connectivity index (χ0v) is 10.9. The van der Waals surface area contributed by atoms with Crippen molar-refractivity contribution in [2.45, 2.75) is 0 Å². The van der Waals surface area contributed by atoms with E-state index in [4.69, 9.17) is 4.42 Å². The molecule has 1 amide bonds. The fourth-order valence-corrected chi connectivity index (χ4v) is 1.73. The van der Waals surface area contributed by atoms with Crippen LogP contribution in [0.1, 0.15) is 0 Å². The van der Waals surface area contributed by atoms with Crippen molar-refractivity contribution in [3.05, 3.63) is 36.0 Å². The first kappa shape index (κ1) is 12.9. The molecule has 2 aromatic rings. The van der Waals surface area contributed by atoms with Crippen molar-refractivity contribution in [3.8, 4) is 0 Å². The molecular formula is C13H10N4O4. The van der Waals surface area contributed by atoms with E-state index in [0.717, 1.165) is 6.08 Å². The minimum atomic E-state index is -0.643. The van der Waals surface area contributed by atoms with Crippen molar-refractivity contribution in [3.63, 3.8) is 0 Å². The number of ether oxygens (including phenoxy) is 1. The van der Waals surface area contributed by atoms with E-state index in [1.54, 1.807) is 12.1 Å². The molecule has 0 aliphatic carbocycles. The van der Waals surface area contributed by atoms with E-state index >= 15 is 0 Å². The van der Waals surface area contributed by atoms with Crippen molar-refractivity contribution in [1.29, 1.82) is 0 Å². The fourth-order valence-electron chi connectivity index (χ4n) is 1.73. The molecule has 2 heterocycles. The van der Waals surface area contributed by atoms with E-state index in [9.17, 15) is 9.59 Å². The number of guanidine groups is 1. The Labute approximate surface area is 118 Å². The molecule has 1 saturated heterocycles. The summed E-state index contributed by atoms with van der Waals surface area (Å²) in [5.41, 5.74) is 1.29. The molecule has 1 fully saturated rings. The second kappa shape index (κ2) is 5.08. The second-order valence-electron chi connectivity index (χ2n) is 4.08. The van der Waals surface area contributed by atoms with Gasteiger partial charge in [0.15, 0.2) is 5.58 Å². The molecule has 1 aromatic heterocycles. The highest BCUT2D eigenvalue weighted by Gasteiger charge is 2.23. The molecule has 0 radical (unpaired) electrons. The highest BCUT2D eigenvalue weighted by Crippen LogP contribution is 2.20. The number of fused-ring (bicyclic) bond motifs is 1. The first-order valence-corrected chi connectivity index (χ1v) is 5.98. The Hall–Kier alpha value is -3.16. The van der Waals surface area contributed by atoms with Crippen molar-refractivity contribution < 1.29 is 18.7 Å². The molecule has 0 saturated carbocycles. The Balaban J connectivity index is 1.86. The van der Waals surface area contributed by atoms with Crippen molar-refractivity contribution >= 4 is 35.0 Å². The average molecular weight is 286 g/mol. The predicted molar refractivity (Wildman–Crippen MR) is 72.5 cm³/mol. The molecule has 21 heavy (non-hydrogen) atoms. The van der Waals surface area contributed by atoms with Crippen LogP contribution in [-0.4, -0.2) is 29.9 Å². The second-order valence-corrected chi connectivity index (χ2v) is 4.08. The van der Waals surface area contributed by atoms with Gasteiger partial charge in [0.05, 0.1) is 13.2 Å². The van der Waals surface area contributed by atoms with Crippen LogP contribution in [0.15, 0.2) is 45.4 Å². The number of hydrogen-bond acceptors (Lipinski definition) is 6. The van der Waals surface area contributed by atoms with Gasteiger partial charge in [0.1, 0.15) is 11.2 Å². The Morgan fingerprint density at radius 2 is 2.19 bits per heavy atom. The number of rotatable bonds is 2. The molecule has 106 valence electrons. The van der Waals surface area contributed by atoms with E-state index < -0.39 is 11.9 Å². The molecule has 1 aliphatic rings. The van der Waals surface area contributed by atoms with Gasteiger partial charge in [-0.25, -0.2) is 4.79 Å². The molecule has 3 rings (SSSR count). The highest BCUT2D eigenvalue weighted by atomic mass is 16.5. The molecule has 0 bridgehead atoms. The summed E-state index contributed by atoms with van der Waals surface area (Å²) in [4.78, 5) is 30.9. The number of nitrogens with zero attached hydrogens (tertiary/aromatic N) is 2. The summed E-state index contributed by atoms with van der Waals surface area (Å²) in [7, 11) is 1.22. The number of aromatic nitrogens is 1. The Bertz CT molecular complexity index is 757. The fraction of sp³-hybridized carbons (Fsp3) is 0.0769. The van der Waals surface area contributed by atoms with Crippen molar-refractivity contribution in [2.24, 2.45) is 4.99 Å². The topological polar surface area (TPSA) is 106 Å². The van der Waals surface area contributed by atoms with Crippen LogP contribution in [0.2, 0.25) is 0 Å². The van der Waals surface area contributed by atoms with Gasteiger partial charge in [-0.05, 0) is 12.1 Å². The predicted octanol–water partition coefficient (Wildman–Crippen LogP) is 0.592. The first-order chi connectivity index (χ1) is 10.2. The van der Waals surface area contributed by atoms with E-state index in [-0.39, 0.29) is 17.7 Å². The van der Waals surface area contributed by atoms with Crippen LogP contribution < -0.4 is 10.6 Å². The largest absolute Gasteiger partial charge is 0.466 e. The number of nitrogens with one attached hydrogen (secondary N) is 2. The molecule has 8 nitrogen and oxygen atoms in total. The van der Waals surface area contributed by atoms with Crippen molar-refractivity contribution in [2.75, 3.05) is 7.11 Å². The van der Waals surface area contributed by atoms with Crippen LogP contribution >= 0.6 is 0 Å². The van der Waals surface area contributed by atoms with Crippen LogP contribution in [0.25, 0.3) is 11.1 Å². The Kier molecular flexibility index (Phi) is 3.11. The Morgan fingerprint density at radius 1 is 1.38 bits per heavy atom. The summed E-state index contributed by atoms with van der Waals surface area (Å²) in [5.74, 6) is -1.01. The van der Waals surface area contributed by atoms with Crippen LogP contribution in [0.4, 0.5) is 6.01 Å². The molecule has 0 unspecified atom stereocenters. The van der Waals surface area contributed by atoms with Gasteiger partial charge in [-0.2, -0.15) is 9.98 Å². The highest BCUT2D eigenvalue weighted by molar-refractivity contribution is 6.15. The quantitative estimate of drug-likeness (QED) is 0.618. The number of benzene rings is 1. The zero-order valence-electron chi connectivity index (χ0n) is 10.9. The number of esters is 1. The van der Waals surface area contributed by atoms with Gasteiger partial charge in [-0.3, -0.25) is 10.1 Å². The van der Waals surface area contributed by atoms with Crippen LogP contribution in [0.5, 0.6) is 0 Å². The molecule has 1 aromatic carbocycles. The number of para-hydroxylation sites is 2. The summed E-state index contributed by atoms with van der Waals surface area (Å²) >= 11 is 0. The third-order valence-corrected chi connectivity index (χ3v) is 2.68. The van der Waals surface area contributed by atoms with Gasteiger partial charge in [0, 0.05) is 0 Å². The lowest BCUT2D eigenvalue weighted by atomic mass is 10.3. The number of aliphatic imine (C=N–C) groups is 1.